The molecule has 5 nitrogen and oxygen atoms in total. The molecule has 27 heavy (non-hydrogen) atoms. The van der Waals surface area contributed by atoms with Gasteiger partial charge in [-0.3, -0.25) is 4.79 Å². The van der Waals surface area contributed by atoms with E-state index in [0.717, 1.165) is 25.9 Å². The van der Waals surface area contributed by atoms with E-state index in [1.54, 1.807) is 6.92 Å². The van der Waals surface area contributed by atoms with Crippen LogP contribution in [0.4, 0.5) is 4.79 Å². The van der Waals surface area contributed by atoms with E-state index in [1.807, 2.05) is 0 Å². The smallest absolute Gasteiger partial charge is 0.407 e. The first-order valence-electron chi connectivity index (χ1n) is 10.3. The zero-order valence-corrected chi connectivity index (χ0v) is 16.5. The minimum absolute atomic E-state index is 0.0495. The number of rotatable bonds is 5. The monoisotopic (exact) mass is 370 g/mol. The minimum Gasteiger partial charge on any atom is -0.450 e. The number of alkyl carbamates (subject to hydrolysis) is 1. The van der Waals surface area contributed by atoms with Crippen molar-refractivity contribution in [1.82, 2.24) is 10.2 Å². The van der Waals surface area contributed by atoms with Crippen LogP contribution in [0.3, 0.4) is 0 Å². The van der Waals surface area contributed by atoms with Gasteiger partial charge >= 0.3 is 6.09 Å². The van der Waals surface area contributed by atoms with Crippen LogP contribution in [0.2, 0.25) is 0 Å². The van der Waals surface area contributed by atoms with Gasteiger partial charge in [-0.25, -0.2) is 4.79 Å². The Morgan fingerprint density at radius 3 is 2.81 bits per heavy atom. The van der Waals surface area contributed by atoms with Gasteiger partial charge in [0, 0.05) is 30.5 Å². The molecule has 0 spiro atoms. The summed E-state index contributed by atoms with van der Waals surface area (Å²) in [4.78, 5) is 26.4. The summed E-state index contributed by atoms with van der Waals surface area (Å²) in [5.74, 6) is 1.45. The molecule has 2 amide bonds. The molecule has 5 heteroatoms. The van der Waals surface area contributed by atoms with Crippen molar-refractivity contribution in [2.45, 2.75) is 57.4 Å². The molecule has 2 aliphatic carbocycles. The molecule has 0 radical (unpaired) electrons. The zero-order valence-electron chi connectivity index (χ0n) is 16.5. The molecule has 0 aromatic heterocycles. The third-order valence-corrected chi connectivity index (χ3v) is 6.67. The van der Waals surface area contributed by atoms with Gasteiger partial charge in [0.2, 0.25) is 5.91 Å². The summed E-state index contributed by atoms with van der Waals surface area (Å²) >= 11 is 0. The number of ether oxygens (including phenoxy) is 1. The van der Waals surface area contributed by atoms with Crippen LogP contribution in [-0.4, -0.2) is 42.6 Å². The lowest BCUT2D eigenvalue weighted by Gasteiger charge is -2.37. The average molecular weight is 370 g/mol. The third-order valence-electron chi connectivity index (χ3n) is 6.67. The van der Waals surface area contributed by atoms with Crippen molar-refractivity contribution in [3.63, 3.8) is 0 Å². The summed E-state index contributed by atoms with van der Waals surface area (Å²) in [6.45, 7) is 8.35. The van der Waals surface area contributed by atoms with Crippen molar-refractivity contribution in [2.24, 2.45) is 11.8 Å². The number of likely N-dealkylation sites (tertiary alicyclic amines) is 1. The van der Waals surface area contributed by atoms with Gasteiger partial charge in [-0.15, -0.1) is 0 Å². The standard InChI is InChI=1S/C22H30N2O3/c1-4-27-21(26)23-19-9-16(10-19)20(25)24-12-18-11-22(18,13-24)17-7-5-6-15(8-17)14(2)3/h5-8,14,16,18-19H,4,9-13H2,1-3H3,(H,23,26)/t16-,18?,19+,22?. The molecule has 2 atom stereocenters. The first-order valence-corrected chi connectivity index (χ1v) is 10.3. The van der Waals surface area contributed by atoms with Crippen LogP contribution in [0.25, 0.3) is 0 Å². The highest BCUT2D eigenvalue weighted by atomic mass is 16.5. The average Bonchev–Trinajstić information content (AvgIpc) is 3.19. The normalized spacial score (nSPS) is 31.3. The van der Waals surface area contributed by atoms with E-state index in [4.69, 9.17) is 4.74 Å². The Morgan fingerprint density at radius 2 is 2.11 bits per heavy atom. The minimum atomic E-state index is -0.375. The van der Waals surface area contributed by atoms with Crippen molar-refractivity contribution in [2.75, 3.05) is 19.7 Å². The maximum atomic E-state index is 12.9. The Labute approximate surface area is 161 Å². The number of piperidine rings is 1. The van der Waals surface area contributed by atoms with Crippen LogP contribution in [-0.2, 0) is 14.9 Å². The summed E-state index contributed by atoms with van der Waals surface area (Å²) in [7, 11) is 0. The van der Waals surface area contributed by atoms with Gasteiger partial charge in [-0.05, 0) is 49.1 Å². The van der Waals surface area contributed by atoms with Crippen molar-refractivity contribution >= 4 is 12.0 Å². The van der Waals surface area contributed by atoms with Crippen molar-refractivity contribution < 1.29 is 14.3 Å². The SMILES string of the molecule is CCOC(=O)N[C@H]1C[C@@H](C(=O)N2CC3CC3(c3cccc(C(C)C)c3)C2)C1. The molecule has 1 aromatic carbocycles. The van der Waals surface area contributed by atoms with Gasteiger partial charge in [-0.1, -0.05) is 38.1 Å². The number of fused-ring (bicyclic) bond motifs is 1. The third kappa shape index (κ3) is 3.32. The van der Waals surface area contributed by atoms with Gasteiger partial charge < -0.3 is 15.0 Å². The molecule has 2 unspecified atom stereocenters. The van der Waals surface area contributed by atoms with Crippen LogP contribution in [0.5, 0.6) is 0 Å². The van der Waals surface area contributed by atoms with E-state index in [0.29, 0.717) is 18.4 Å². The molecule has 1 aromatic rings. The Kier molecular flexibility index (Phi) is 4.65. The summed E-state index contributed by atoms with van der Waals surface area (Å²) < 4.78 is 4.91. The van der Waals surface area contributed by atoms with E-state index in [2.05, 4.69) is 48.3 Å². The number of amides is 2. The van der Waals surface area contributed by atoms with Crippen LogP contribution < -0.4 is 5.32 Å². The predicted molar refractivity (Wildman–Crippen MR) is 104 cm³/mol. The first-order chi connectivity index (χ1) is 12.9. The number of carbonyl (C=O) groups is 2. The van der Waals surface area contributed by atoms with Gasteiger partial charge in [0.15, 0.2) is 0 Å². The number of benzene rings is 1. The van der Waals surface area contributed by atoms with Crippen LogP contribution in [0.1, 0.15) is 57.1 Å². The molecule has 0 bridgehead atoms. The quantitative estimate of drug-likeness (QED) is 0.864. The molecule has 3 aliphatic rings. The predicted octanol–water partition coefficient (Wildman–Crippen LogP) is 3.43. The molecule has 1 aliphatic heterocycles. The molecule has 146 valence electrons. The van der Waals surface area contributed by atoms with Gasteiger partial charge in [0.05, 0.1) is 6.61 Å². The molecule has 1 saturated heterocycles. The van der Waals surface area contributed by atoms with E-state index < -0.39 is 0 Å². The van der Waals surface area contributed by atoms with E-state index in [9.17, 15) is 9.59 Å². The maximum absolute atomic E-state index is 12.9. The summed E-state index contributed by atoms with van der Waals surface area (Å²) in [5, 5.41) is 2.83. The number of hydrogen-bond acceptors (Lipinski definition) is 3. The Bertz CT molecular complexity index is 741. The Balaban J connectivity index is 1.34. The fraction of sp³-hybridized carbons (Fsp3) is 0.636. The second-order valence-electron chi connectivity index (χ2n) is 8.79. The highest BCUT2D eigenvalue weighted by Crippen LogP contribution is 2.59. The number of hydrogen-bond donors (Lipinski definition) is 1. The lowest BCUT2D eigenvalue weighted by atomic mass is 9.79. The fourth-order valence-corrected chi connectivity index (χ4v) is 4.84. The summed E-state index contributed by atoms with van der Waals surface area (Å²) in [5.41, 5.74) is 2.97. The Morgan fingerprint density at radius 1 is 1.33 bits per heavy atom. The summed E-state index contributed by atoms with van der Waals surface area (Å²) in [6.07, 6.45) is 2.29. The second-order valence-corrected chi connectivity index (χ2v) is 8.79. The van der Waals surface area contributed by atoms with E-state index in [-0.39, 0.29) is 29.4 Å². The Hall–Kier alpha value is -2.04. The second kappa shape index (κ2) is 6.84. The van der Waals surface area contributed by atoms with Crippen molar-refractivity contribution in [3.05, 3.63) is 35.4 Å². The van der Waals surface area contributed by atoms with Gasteiger partial charge in [0.1, 0.15) is 0 Å². The van der Waals surface area contributed by atoms with Gasteiger partial charge in [0.25, 0.3) is 0 Å². The van der Waals surface area contributed by atoms with E-state index in [1.165, 1.54) is 17.5 Å². The molecular formula is C22H30N2O3. The largest absolute Gasteiger partial charge is 0.450 e. The zero-order chi connectivity index (χ0) is 19.2. The van der Waals surface area contributed by atoms with Gasteiger partial charge in [-0.2, -0.15) is 0 Å². The summed E-state index contributed by atoms with van der Waals surface area (Å²) in [6, 6.07) is 9.03. The molecule has 4 rings (SSSR count). The maximum Gasteiger partial charge on any atom is 0.407 e. The van der Waals surface area contributed by atoms with E-state index >= 15 is 0 Å². The van der Waals surface area contributed by atoms with Crippen molar-refractivity contribution in [3.8, 4) is 0 Å². The molecule has 1 heterocycles. The fourth-order valence-electron chi connectivity index (χ4n) is 4.84. The number of nitrogens with zero attached hydrogens (tertiary/aromatic N) is 1. The topological polar surface area (TPSA) is 58.6 Å². The van der Waals surface area contributed by atoms with Crippen molar-refractivity contribution in [1.29, 1.82) is 0 Å². The van der Waals surface area contributed by atoms with Crippen LogP contribution >= 0.6 is 0 Å². The number of carbonyl (C=O) groups excluding carboxylic acids is 2. The van der Waals surface area contributed by atoms with Crippen LogP contribution in [0, 0.1) is 11.8 Å². The lowest BCUT2D eigenvalue weighted by Crippen LogP contribution is -2.50. The molecule has 2 saturated carbocycles. The molecule has 1 N–H and O–H groups in total. The first kappa shape index (κ1) is 18.3. The highest BCUT2D eigenvalue weighted by Gasteiger charge is 2.62. The lowest BCUT2D eigenvalue weighted by molar-refractivity contribution is -0.138. The number of nitrogens with one attached hydrogen (secondary N) is 1. The molecule has 3 fully saturated rings. The molecular weight excluding hydrogens is 340 g/mol. The highest BCUT2D eigenvalue weighted by molar-refractivity contribution is 5.81. The van der Waals surface area contributed by atoms with Crippen LogP contribution in [0.15, 0.2) is 24.3 Å².